The van der Waals surface area contributed by atoms with Gasteiger partial charge in [-0.1, -0.05) is 5.16 Å². The number of ether oxygens (including phenoxy) is 1. The van der Waals surface area contributed by atoms with Gasteiger partial charge in [0.05, 0.1) is 0 Å². The van der Waals surface area contributed by atoms with E-state index in [1.54, 1.807) is 30.3 Å². The molecule has 1 aliphatic rings. The molecular formula is C18H21N3O4. The minimum atomic E-state index is -0.243. The van der Waals surface area contributed by atoms with Crippen LogP contribution in [0.5, 0.6) is 5.75 Å². The van der Waals surface area contributed by atoms with Crippen LogP contribution in [0, 0.1) is 5.92 Å². The van der Waals surface area contributed by atoms with Gasteiger partial charge in [-0.2, -0.15) is 0 Å². The number of Topliss-reactive ketones (excluding diaryl/α,β-unsaturated/α-hetero) is 1. The second kappa shape index (κ2) is 7.94. The molecule has 0 radical (unpaired) electrons. The Bertz CT molecular complexity index is 733. The lowest BCUT2D eigenvalue weighted by Crippen LogP contribution is -2.30. The minimum Gasteiger partial charge on any atom is -0.486 e. The topological polar surface area (TPSA) is 93.5 Å². The molecule has 1 aromatic carbocycles. The smallest absolute Gasteiger partial charge is 0.273 e. The third-order valence-corrected chi connectivity index (χ3v) is 4.15. The van der Waals surface area contributed by atoms with Gasteiger partial charge in [0.15, 0.2) is 17.2 Å². The zero-order valence-corrected chi connectivity index (χ0v) is 14.1. The van der Waals surface area contributed by atoms with Gasteiger partial charge in [-0.05, 0) is 56.6 Å². The van der Waals surface area contributed by atoms with Crippen LogP contribution < -0.4 is 15.4 Å². The molecule has 7 nitrogen and oxygen atoms in total. The van der Waals surface area contributed by atoms with Crippen molar-refractivity contribution in [2.24, 2.45) is 5.92 Å². The van der Waals surface area contributed by atoms with Crippen molar-refractivity contribution in [3.05, 3.63) is 47.3 Å². The lowest BCUT2D eigenvalue weighted by Gasteiger charge is -2.08. The van der Waals surface area contributed by atoms with Crippen LogP contribution in [0.4, 0.5) is 0 Å². The van der Waals surface area contributed by atoms with Crippen molar-refractivity contribution < 1.29 is 18.8 Å². The van der Waals surface area contributed by atoms with Crippen LogP contribution in [0.1, 0.15) is 40.0 Å². The molecular weight excluding hydrogens is 322 g/mol. The second-order valence-electron chi connectivity index (χ2n) is 6.12. The highest BCUT2D eigenvalue weighted by Crippen LogP contribution is 2.15. The Morgan fingerprint density at radius 2 is 2.16 bits per heavy atom. The fourth-order valence-electron chi connectivity index (χ4n) is 2.64. The first-order valence-electron chi connectivity index (χ1n) is 8.30. The van der Waals surface area contributed by atoms with E-state index >= 15 is 0 Å². The number of carbonyl (C=O) groups excluding carboxylic acids is 2. The summed E-state index contributed by atoms with van der Waals surface area (Å²) < 4.78 is 10.7. The molecule has 1 fully saturated rings. The molecule has 0 bridgehead atoms. The molecule has 2 heterocycles. The molecule has 132 valence electrons. The minimum absolute atomic E-state index is 0.00539. The fraction of sp³-hybridized carbons (Fsp3) is 0.389. The van der Waals surface area contributed by atoms with E-state index in [0.717, 1.165) is 19.5 Å². The summed E-state index contributed by atoms with van der Waals surface area (Å²) in [6.45, 7) is 4.24. The van der Waals surface area contributed by atoms with E-state index in [1.807, 2.05) is 0 Å². The molecule has 0 aliphatic carbocycles. The first kappa shape index (κ1) is 17.2. The Balaban J connectivity index is 1.49. The maximum Gasteiger partial charge on any atom is 0.273 e. The summed E-state index contributed by atoms with van der Waals surface area (Å²) in [5.41, 5.74) is 0.875. The highest BCUT2D eigenvalue weighted by Gasteiger charge is 2.17. The van der Waals surface area contributed by atoms with Crippen LogP contribution >= 0.6 is 0 Å². The number of rotatable bonds is 7. The van der Waals surface area contributed by atoms with Crippen LogP contribution in [0.15, 0.2) is 34.9 Å². The van der Waals surface area contributed by atoms with Gasteiger partial charge >= 0.3 is 0 Å². The average molecular weight is 343 g/mol. The van der Waals surface area contributed by atoms with Gasteiger partial charge in [0, 0.05) is 18.2 Å². The van der Waals surface area contributed by atoms with Crippen LogP contribution in [-0.2, 0) is 6.61 Å². The number of ketones is 1. The Kier molecular flexibility index (Phi) is 5.45. The molecule has 7 heteroatoms. The lowest BCUT2D eigenvalue weighted by atomic mass is 10.1. The monoisotopic (exact) mass is 343 g/mol. The molecule has 0 saturated carbocycles. The molecule has 3 rings (SSSR count). The molecule has 1 aromatic heterocycles. The fourth-order valence-corrected chi connectivity index (χ4v) is 2.64. The predicted molar refractivity (Wildman–Crippen MR) is 90.6 cm³/mol. The molecule has 1 amide bonds. The molecule has 0 unspecified atom stereocenters. The Labute approximate surface area is 145 Å². The third-order valence-electron chi connectivity index (χ3n) is 4.15. The van der Waals surface area contributed by atoms with Crippen molar-refractivity contribution in [2.75, 3.05) is 19.6 Å². The Morgan fingerprint density at radius 3 is 2.84 bits per heavy atom. The van der Waals surface area contributed by atoms with Crippen LogP contribution in [0.2, 0.25) is 0 Å². The van der Waals surface area contributed by atoms with Crippen molar-refractivity contribution in [2.45, 2.75) is 20.0 Å². The average Bonchev–Trinajstić information content (AvgIpc) is 3.30. The zero-order chi connectivity index (χ0) is 17.6. The van der Waals surface area contributed by atoms with Crippen LogP contribution in [0.25, 0.3) is 0 Å². The summed E-state index contributed by atoms with van der Waals surface area (Å²) in [5.74, 6) is 1.31. The van der Waals surface area contributed by atoms with Crippen molar-refractivity contribution >= 4 is 11.7 Å². The first-order chi connectivity index (χ1) is 12.1. The number of hydrogen-bond donors (Lipinski definition) is 2. The molecule has 1 atom stereocenters. The van der Waals surface area contributed by atoms with Crippen molar-refractivity contribution in [1.82, 2.24) is 15.8 Å². The summed E-state index contributed by atoms with van der Waals surface area (Å²) in [5, 5.41) is 9.92. The molecule has 25 heavy (non-hydrogen) atoms. The number of nitrogens with zero attached hydrogens (tertiary/aromatic N) is 1. The van der Waals surface area contributed by atoms with Gasteiger partial charge in [0.1, 0.15) is 12.4 Å². The van der Waals surface area contributed by atoms with Gasteiger partial charge in [0.2, 0.25) is 0 Å². The molecule has 1 aliphatic heterocycles. The maximum atomic E-state index is 12.1. The number of amides is 1. The number of aromatic nitrogens is 1. The first-order valence-corrected chi connectivity index (χ1v) is 8.30. The number of carbonyl (C=O) groups is 2. The van der Waals surface area contributed by atoms with Crippen molar-refractivity contribution in [3.8, 4) is 5.75 Å². The molecule has 0 spiro atoms. The lowest BCUT2D eigenvalue weighted by molar-refractivity contribution is 0.0938. The largest absolute Gasteiger partial charge is 0.486 e. The van der Waals surface area contributed by atoms with Gasteiger partial charge < -0.3 is 19.9 Å². The number of benzene rings is 1. The summed E-state index contributed by atoms with van der Waals surface area (Å²) in [7, 11) is 0. The van der Waals surface area contributed by atoms with Gasteiger partial charge in [-0.15, -0.1) is 0 Å². The van der Waals surface area contributed by atoms with E-state index in [0.29, 0.717) is 29.5 Å². The zero-order valence-electron chi connectivity index (χ0n) is 14.1. The van der Waals surface area contributed by atoms with E-state index < -0.39 is 0 Å². The van der Waals surface area contributed by atoms with E-state index in [9.17, 15) is 9.59 Å². The van der Waals surface area contributed by atoms with Gasteiger partial charge in [-0.3, -0.25) is 9.59 Å². The van der Waals surface area contributed by atoms with Crippen LogP contribution in [-0.4, -0.2) is 36.5 Å². The highest BCUT2D eigenvalue weighted by atomic mass is 16.5. The van der Waals surface area contributed by atoms with E-state index in [4.69, 9.17) is 9.26 Å². The molecule has 1 saturated heterocycles. The summed E-state index contributed by atoms with van der Waals surface area (Å²) in [4.78, 5) is 23.3. The van der Waals surface area contributed by atoms with Gasteiger partial charge in [-0.25, -0.2) is 0 Å². The van der Waals surface area contributed by atoms with E-state index in [-0.39, 0.29) is 24.0 Å². The Morgan fingerprint density at radius 1 is 1.36 bits per heavy atom. The normalized spacial score (nSPS) is 16.6. The molecule has 2 N–H and O–H groups in total. The number of nitrogens with one attached hydrogen (secondary N) is 2. The maximum absolute atomic E-state index is 12.1. The third kappa shape index (κ3) is 4.67. The van der Waals surface area contributed by atoms with E-state index in [2.05, 4.69) is 15.8 Å². The number of hydrogen-bond acceptors (Lipinski definition) is 6. The van der Waals surface area contributed by atoms with Gasteiger partial charge in [0.25, 0.3) is 5.91 Å². The summed E-state index contributed by atoms with van der Waals surface area (Å²) in [6.07, 6.45) is 1.07. The predicted octanol–water partition coefficient (Wildman–Crippen LogP) is 1.80. The Hall–Kier alpha value is -2.67. The standard InChI is InChI=1S/C18H21N3O4/c1-12(22)14-2-4-15(5-3-14)24-11-16-8-17(21-25-16)18(23)20-10-13-6-7-19-9-13/h2-5,8,13,19H,6-7,9-11H2,1H3,(H,20,23)/t13-/m1/s1. The molecule has 2 aromatic rings. The van der Waals surface area contributed by atoms with E-state index in [1.165, 1.54) is 6.92 Å². The van der Waals surface area contributed by atoms with Crippen molar-refractivity contribution in [3.63, 3.8) is 0 Å². The SMILES string of the molecule is CC(=O)c1ccc(OCc2cc(C(=O)NC[C@@H]3CCNC3)no2)cc1. The van der Waals surface area contributed by atoms with Crippen LogP contribution in [0.3, 0.4) is 0 Å². The van der Waals surface area contributed by atoms with Crippen molar-refractivity contribution in [1.29, 1.82) is 0 Å². The summed E-state index contributed by atoms with van der Waals surface area (Å²) in [6, 6.07) is 8.42. The second-order valence-corrected chi connectivity index (χ2v) is 6.12. The quantitative estimate of drug-likeness (QED) is 0.745. The summed E-state index contributed by atoms with van der Waals surface area (Å²) >= 11 is 0. The highest BCUT2D eigenvalue weighted by molar-refractivity contribution is 5.94.